The van der Waals surface area contributed by atoms with Gasteiger partial charge in [-0.25, -0.2) is 4.68 Å². The third-order valence-corrected chi connectivity index (χ3v) is 4.51. The van der Waals surface area contributed by atoms with Gasteiger partial charge >= 0.3 is 0 Å². The molecule has 9 nitrogen and oxygen atoms in total. The Morgan fingerprint density at radius 1 is 1.24 bits per heavy atom. The van der Waals surface area contributed by atoms with Crippen LogP contribution >= 0.6 is 12.2 Å². The zero-order valence-electron chi connectivity index (χ0n) is 16.2. The third-order valence-electron chi connectivity index (χ3n) is 4.22. The Bertz CT molecular complexity index is 1080. The minimum Gasteiger partial charge on any atom is -0.497 e. The quantitative estimate of drug-likeness (QED) is 0.310. The summed E-state index contributed by atoms with van der Waals surface area (Å²) in [5, 5.41) is 15.3. The maximum Gasteiger partial charge on any atom is 0.288 e. The standard InChI is InChI=1S/C19H20N4O5S/c1-21(11-14-7-8-16(26-2)10-17(14)27-3)12-22-19(29)28-18(20-22)13-5-4-6-15(9-13)23(24)25/h4-10H,11-12H2,1-3H3. The fourth-order valence-corrected chi connectivity index (χ4v) is 2.99. The molecule has 29 heavy (non-hydrogen) atoms. The van der Waals surface area contributed by atoms with E-state index >= 15 is 0 Å². The van der Waals surface area contributed by atoms with Crippen LogP contribution in [0.15, 0.2) is 46.9 Å². The number of hydrogen-bond donors (Lipinski definition) is 0. The molecular weight excluding hydrogens is 396 g/mol. The Kier molecular flexibility index (Phi) is 6.25. The van der Waals surface area contributed by atoms with Gasteiger partial charge in [0.25, 0.3) is 10.5 Å². The molecule has 0 aliphatic carbocycles. The maximum atomic E-state index is 11.0. The molecule has 0 N–H and O–H groups in total. The maximum absolute atomic E-state index is 11.0. The molecule has 1 heterocycles. The average Bonchev–Trinajstić information content (AvgIpc) is 3.08. The number of aromatic nitrogens is 2. The molecule has 0 saturated heterocycles. The summed E-state index contributed by atoms with van der Waals surface area (Å²) >= 11 is 5.25. The van der Waals surface area contributed by atoms with Crippen LogP contribution in [0.1, 0.15) is 5.56 Å². The van der Waals surface area contributed by atoms with Crippen LogP contribution in [0, 0.1) is 15.0 Å². The largest absolute Gasteiger partial charge is 0.497 e. The molecule has 0 amide bonds. The SMILES string of the molecule is COc1ccc(CN(C)Cn2nc(-c3cccc([N+](=O)[O-])c3)oc2=S)c(OC)c1. The summed E-state index contributed by atoms with van der Waals surface area (Å²) in [6, 6.07) is 11.7. The fraction of sp³-hybridized carbons (Fsp3) is 0.263. The van der Waals surface area contributed by atoms with Crippen molar-refractivity contribution >= 4 is 17.9 Å². The van der Waals surface area contributed by atoms with Crippen LogP contribution in [0.2, 0.25) is 0 Å². The molecule has 0 bridgehead atoms. The van der Waals surface area contributed by atoms with Crippen molar-refractivity contribution < 1.29 is 18.8 Å². The van der Waals surface area contributed by atoms with Crippen LogP contribution in [0.5, 0.6) is 11.5 Å². The van der Waals surface area contributed by atoms with E-state index < -0.39 is 4.92 Å². The lowest BCUT2D eigenvalue weighted by Gasteiger charge is -2.18. The molecule has 0 unspecified atom stereocenters. The van der Waals surface area contributed by atoms with Gasteiger partial charge in [0.15, 0.2) is 0 Å². The van der Waals surface area contributed by atoms with Crippen LogP contribution in [0.25, 0.3) is 11.5 Å². The number of nitrogens with zero attached hydrogens (tertiary/aromatic N) is 4. The summed E-state index contributed by atoms with van der Waals surface area (Å²) in [5.41, 5.74) is 1.43. The molecule has 3 aromatic rings. The molecule has 2 aromatic carbocycles. The van der Waals surface area contributed by atoms with Crippen molar-refractivity contribution in [1.82, 2.24) is 14.7 Å². The number of non-ortho nitro benzene ring substituents is 1. The third kappa shape index (κ3) is 4.79. The van der Waals surface area contributed by atoms with Gasteiger partial charge in [0.2, 0.25) is 5.89 Å². The highest BCUT2D eigenvalue weighted by molar-refractivity contribution is 7.71. The Labute approximate surface area is 172 Å². The molecule has 0 fully saturated rings. The zero-order valence-corrected chi connectivity index (χ0v) is 17.0. The first-order valence-electron chi connectivity index (χ1n) is 8.63. The van der Waals surface area contributed by atoms with E-state index in [1.54, 1.807) is 26.4 Å². The van der Waals surface area contributed by atoms with Crippen LogP contribution in [-0.4, -0.2) is 40.9 Å². The van der Waals surface area contributed by atoms with Crippen molar-refractivity contribution in [2.75, 3.05) is 21.3 Å². The van der Waals surface area contributed by atoms with Gasteiger partial charge < -0.3 is 13.9 Å². The molecule has 0 saturated carbocycles. The van der Waals surface area contributed by atoms with Crippen molar-refractivity contribution in [2.45, 2.75) is 13.2 Å². The Morgan fingerprint density at radius 2 is 2.03 bits per heavy atom. The van der Waals surface area contributed by atoms with E-state index in [-0.39, 0.29) is 16.4 Å². The summed E-state index contributed by atoms with van der Waals surface area (Å²) in [6.45, 7) is 0.945. The monoisotopic (exact) mass is 416 g/mol. The van der Waals surface area contributed by atoms with Crippen molar-refractivity contribution in [3.8, 4) is 23.0 Å². The normalized spacial score (nSPS) is 10.9. The van der Waals surface area contributed by atoms with Gasteiger partial charge in [-0.15, -0.1) is 5.10 Å². The van der Waals surface area contributed by atoms with Gasteiger partial charge in [-0.3, -0.25) is 15.0 Å². The zero-order chi connectivity index (χ0) is 21.0. The summed E-state index contributed by atoms with van der Waals surface area (Å²) in [7, 11) is 5.12. The number of nitro groups is 1. The molecule has 1 aromatic heterocycles. The van der Waals surface area contributed by atoms with Crippen molar-refractivity contribution in [2.24, 2.45) is 0 Å². The van der Waals surface area contributed by atoms with E-state index in [1.165, 1.54) is 16.8 Å². The lowest BCUT2D eigenvalue weighted by Crippen LogP contribution is -2.22. The highest BCUT2D eigenvalue weighted by Crippen LogP contribution is 2.26. The Hall–Kier alpha value is -3.24. The molecule has 0 aliphatic rings. The number of hydrogen-bond acceptors (Lipinski definition) is 8. The molecule has 0 aliphatic heterocycles. The van der Waals surface area contributed by atoms with Crippen molar-refractivity contribution in [3.63, 3.8) is 0 Å². The Morgan fingerprint density at radius 3 is 2.72 bits per heavy atom. The van der Waals surface area contributed by atoms with E-state index in [0.717, 1.165) is 11.3 Å². The van der Waals surface area contributed by atoms with Crippen LogP contribution in [-0.2, 0) is 13.2 Å². The van der Waals surface area contributed by atoms with E-state index in [4.69, 9.17) is 26.1 Å². The van der Waals surface area contributed by atoms with Gasteiger partial charge in [0.1, 0.15) is 11.5 Å². The Balaban J connectivity index is 1.77. The van der Waals surface area contributed by atoms with E-state index in [9.17, 15) is 10.1 Å². The van der Waals surface area contributed by atoms with Gasteiger partial charge in [-0.05, 0) is 31.4 Å². The summed E-state index contributed by atoms with van der Waals surface area (Å²) in [5.74, 6) is 1.67. The molecule has 0 spiro atoms. The average molecular weight is 416 g/mol. The van der Waals surface area contributed by atoms with Crippen LogP contribution in [0.3, 0.4) is 0 Å². The van der Waals surface area contributed by atoms with Crippen molar-refractivity contribution in [3.05, 3.63) is 63.0 Å². The molecule has 0 radical (unpaired) electrons. The lowest BCUT2D eigenvalue weighted by molar-refractivity contribution is -0.384. The fourth-order valence-electron chi connectivity index (χ4n) is 2.82. The van der Waals surface area contributed by atoms with Gasteiger partial charge in [0, 0.05) is 35.9 Å². The first kappa shape index (κ1) is 20.5. The molecule has 0 atom stereocenters. The smallest absolute Gasteiger partial charge is 0.288 e. The minimum atomic E-state index is -0.467. The minimum absolute atomic E-state index is 0.0399. The number of methoxy groups -OCH3 is 2. The second kappa shape index (κ2) is 8.84. The summed E-state index contributed by atoms with van der Waals surface area (Å²) in [4.78, 5) is 12.7. The molecule has 10 heteroatoms. The molecule has 3 rings (SSSR count). The lowest BCUT2D eigenvalue weighted by atomic mass is 10.2. The summed E-state index contributed by atoms with van der Waals surface area (Å²) in [6.07, 6.45) is 0. The van der Waals surface area contributed by atoms with Crippen LogP contribution in [0.4, 0.5) is 5.69 Å². The van der Waals surface area contributed by atoms with E-state index in [0.29, 0.717) is 24.5 Å². The number of rotatable bonds is 8. The number of nitro benzene ring substituents is 1. The first-order chi connectivity index (χ1) is 13.9. The van der Waals surface area contributed by atoms with E-state index in [1.807, 2.05) is 30.1 Å². The number of benzene rings is 2. The predicted octanol–water partition coefficient (Wildman–Crippen LogP) is 3.89. The van der Waals surface area contributed by atoms with Gasteiger partial charge in [-0.1, -0.05) is 12.1 Å². The number of ether oxygens (including phenoxy) is 2. The molecular formula is C19H20N4O5S. The highest BCUT2D eigenvalue weighted by atomic mass is 32.1. The highest BCUT2D eigenvalue weighted by Gasteiger charge is 2.14. The van der Waals surface area contributed by atoms with Crippen LogP contribution < -0.4 is 9.47 Å². The van der Waals surface area contributed by atoms with Crippen molar-refractivity contribution in [1.29, 1.82) is 0 Å². The first-order valence-corrected chi connectivity index (χ1v) is 9.04. The molecule has 152 valence electrons. The summed E-state index contributed by atoms with van der Waals surface area (Å²) < 4.78 is 17.7. The second-order valence-electron chi connectivity index (χ2n) is 6.31. The predicted molar refractivity (Wildman–Crippen MR) is 108 cm³/mol. The second-order valence-corrected chi connectivity index (χ2v) is 6.66. The topological polar surface area (TPSA) is 95.8 Å². The van der Waals surface area contributed by atoms with Gasteiger partial charge in [-0.2, -0.15) is 0 Å². The van der Waals surface area contributed by atoms with E-state index in [2.05, 4.69) is 5.10 Å². The van der Waals surface area contributed by atoms with Gasteiger partial charge in [0.05, 0.1) is 25.8 Å².